The van der Waals surface area contributed by atoms with E-state index in [2.05, 4.69) is 0 Å². The molecule has 7 nitrogen and oxygen atoms in total. The number of esters is 2. The Morgan fingerprint density at radius 1 is 1.40 bits per heavy atom. The van der Waals surface area contributed by atoms with Crippen molar-refractivity contribution >= 4 is 11.9 Å². The zero-order chi connectivity index (χ0) is 18.4. The summed E-state index contributed by atoms with van der Waals surface area (Å²) in [6.07, 6.45) is 2.25. The number of allylic oxidation sites excluding steroid dienone is 1. The van der Waals surface area contributed by atoms with Gasteiger partial charge < -0.3 is 19.7 Å². The summed E-state index contributed by atoms with van der Waals surface area (Å²) >= 11 is 0. The third kappa shape index (κ3) is 3.12. The van der Waals surface area contributed by atoms with E-state index in [1.54, 1.807) is 19.9 Å². The molecule has 0 bridgehead atoms. The molecule has 3 rings (SSSR count). The molecule has 138 valence electrons. The van der Waals surface area contributed by atoms with Gasteiger partial charge in [-0.25, -0.2) is 9.59 Å². The molecule has 7 heteroatoms. The summed E-state index contributed by atoms with van der Waals surface area (Å²) in [5.74, 6) is -1.76. The van der Waals surface area contributed by atoms with Crippen molar-refractivity contribution in [2.45, 2.75) is 51.0 Å². The van der Waals surface area contributed by atoms with Crippen molar-refractivity contribution in [2.24, 2.45) is 5.92 Å². The maximum atomic E-state index is 12.6. The number of carbonyl (C=O) groups is 2. The van der Waals surface area contributed by atoms with Crippen molar-refractivity contribution in [3.8, 4) is 0 Å². The van der Waals surface area contributed by atoms with Gasteiger partial charge in [-0.15, -0.1) is 0 Å². The molecule has 5 atom stereocenters. The van der Waals surface area contributed by atoms with E-state index in [4.69, 9.17) is 9.47 Å². The second-order valence-corrected chi connectivity index (χ2v) is 7.26. The third-order valence-electron chi connectivity index (χ3n) is 5.60. The first-order chi connectivity index (χ1) is 11.8. The van der Waals surface area contributed by atoms with E-state index in [0.29, 0.717) is 18.7 Å². The Morgan fingerprint density at radius 2 is 2.12 bits per heavy atom. The number of rotatable bonds is 0. The van der Waals surface area contributed by atoms with E-state index in [-0.39, 0.29) is 19.1 Å². The summed E-state index contributed by atoms with van der Waals surface area (Å²) in [7, 11) is 0. The zero-order valence-corrected chi connectivity index (χ0v) is 14.8. The largest absolute Gasteiger partial charge is 0.459 e. The van der Waals surface area contributed by atoms with Gasteiger partial charge in [-0.3, -0.25) is 4.90 Å². The first-order valence-corrected chi connectivity index (χ1v) is 8.62. The fourth-order valence-electron chi connectivity index (χ4n) is 3.70. The molecule has 0 aliphatic carbocycles. The van der Waals surface area contributed by atoms with E-state index in [1.807, 2.05) is 11.0 Å². The smallest absolute Gasteiger partial charge is 0.338 e. The van der Waals surface area contributed by atoms with Gasteiger partial charge in [0, 0.05) is 18.7 Å². The summed E-state index contributed by atoms with van der Waals surface area (Å²) in [6, 6.07) is -0.299. The number of aliphatic hydroxyl groups is 2. The Bertz CT molecular complexity index is 637. The molecule has 0 aromatic heterocycles. The number of hydrogen-bond donors (Lipinski definition) is 2. The molecule has 0 aromatic carbocycles. The number of ether oxygens (including phenoxy) is 2. The topological polar surface area (TPSA) is 96.3 Å². The van der Waals surface area contributed by atoms with Crippen molar-refractivity contribution in [1.29, 1.82) is 0 Å². The van der Waals surface area contributed by atoms with Crippen LogP contribution in [0.5, 0.6) is 0 Å². The highest BCUT2D eigenvalue weighted by Crippen LogP contribution is 2.34. The van der Waals surface area contributed by atoms with Gasteiger partial charge in [-0.05, 0) is 31.8 Å². The first-order valence-electron chi connectivity index (χ1n) is 8.62. The lowest BCUT2D eigenvalue weighted by Gasteiger charge is -2.31. The van der Waals surface area contributed by atoms with Gasteiger partial charge in [-0.2, -0.15) is 0 Å². The van der Waals surface area contributed by atoms with Crippen LogP contribution in [0, 0.1) is 5.92 Å². The Labute approximate surface area is 146 Å². The van der Waals surface area contributed by atoms with E-state index < -0.39 is 35.7 Å². The normalized spacial score (nSPS) is 41.5. The van der Waals surface area contributed by atoms with Crippen LogP contribution in [-0.2, 0) is 19.1 Å². The highest BCUT2D eigenvalue weighted by molar-refractivity contribution is 5.89. The maximum absolute atomic E-state index is 12.6. The molecule has 2 unspecified atom stereocenters. The Hall–Kier alpha value is -1.70. The summed E-state index contributed by atoms with van der Waals surface area (Å²) in [5.41, 5.74) is -0.551. The molecule has 2 fully saturated rings. The average molecular weight is 351 g/mol. The monoisotopic (exact) mass is 351 g/mol. The molecule has 3 aliphatic rings. The van der Waals surface area contributed by atoms with Crippen molar-refractivity contribution < 1.29 is 29.3 Å². The minimum absolute atomic E-state index is 0.0140. The third-order valence-corrected chi connectivity index (χ3v) is 5.60. The number of carbonyl (C=O) groups excluding carboxylic acids is 2. The molecule has 0 radical (unpaired) electrons. The molecule has 0 amide bonds. The fourth-order valence-corrected chi connectivity index (χ4v) is 3.70. The van der Waals surface area contributed by atoms with Gasteiger partial charge in [0.15, 0.2) is 5.60 Å². The summed E-state index contributed by atoms with van der Waals surface area (Å²) in [6.45, 7) is 5.82. The SMILES string of the molecule is C/C=C1/C[C@@H](C)[C@@](C)(O)C(=O)OCC2=CCN3C[C@@H](O)C(OC1=O)C23. The lowest BCUT2D eigenvalue weighted by Crippen LogP contribution is -2.45. The van der Waals surface area contributed by atoms with Crippen LogP contribution >= 0.6 is 0 Å². The van der Waals surface area contributed by atoms with Crippen LogP contribution in [0.1, 0.15) is 27.2 Å². The number of hydrogen-bond acceptors (Lipinski definition) is 7. The van der Waals surface area contributed by atoms with Crippen LogP contribution < -0.4 is 0 Å². The van der Waals surface area contributed by atoms with Gasteiger partial charge in [0.05, 0.1) is 6.04 Å². The maximum Gasteiger partial charge on any atom is 0.338 e. The molecular weight excluding hydrogens is 326 g/mol. The van der Waals surface area contributed by atoms with Crippen LogP contribution in [-0.4, -0.2) is 70.6 Å². The van der Waals surface area contributed by atoms with Crippen LogP contribution in [0.3, 0.4) is 0 Å². The summed E-state index contributed by atoms with van der Waals surface area (Å²) < 4.78 is 11.0. The molecular formula is C18H25NO6. The van der Waals surface area contributed by atoms with Gasteiger partial charge in [-0.1, -0.05) is 19.1 Å². The van der Waals surface area contributed by atoms with E-state index in [1.165, 1.54) is 6.92 Å². The predicted molar refractivity (Wildman–Crippen MR) is 88.5 cm³/mol. The van der Waals surface area contributed by atoms with Crippen LogP contribution in [0.15, 0.2) is 23.3 Å². The van der Waals surface area contributed by atoms with Crippen LogP contribution in [0.25, 0.3) is 0 Å². The number of aliphatic hydroxyl groups excluding tert-OH is 1. The predicted octanol–water partition coefficient (Wildman–Crippen LogP) is 0.164. The van der Waals surface area contributed by atoms with Crippen LogP contribution in [0.2, 0.25) is 0 Å². The molecule has 3 heterocycles. The summed E-state index contributed by atoms with van der Waals surface area (Å²) in [4.78, 5) is 26.9. The van der Waals surface area contributed by atoms with E-state index in [9.17, 15) is 19.8 Å². The van der Waals surface area contributed by atoms with E-state index in [0.717, 1.165) is 5.57 Å². The van der Waals surface area contributed by atoms with Crippen molar-refractivity contribution in [2.75, 3.05) is 19.7 Å². The van der Waals surface area contributed by atoms with Crippen molar-refractivity contribution in [1.82, 2.24) is 4.90 Å². The molecule has 3 aliphatic heterocycles. The molecule has 0 saturated carbocycles. The average Bonchev–Trinajstić information content (AvgIpc) is 3.08. The van der Waals surface area contributed by atoms with Gasteiger partial charge in [0.1, 0.15) is 18.8 Å². The second-order valence-electron chi connectivity index (χ2n) is 7.26. The van der Waals surface area contributed by atoms with Crippen LogP contribution in [0.4, 0.5) is 0 Å². The molecule has 0 spiro atoms. The quantitative estimate of drug-likeness (QED) is 0.365. The zero-order valence-electron chi connectivity index (χ0n) is 14.8. The van der Waals surface area contributed by atoms with E-state index >= 15 is 0 Å². The molecule has 2 saturated heterocycles. The second kappa shape index (κ2) is 6.55. The van der Waals surface area contributed by atoms with Gasteiger partial charge in [0.25, 0.3) is 0 Å². The lowest BCUT2D eigenvalue weighted by molar-refractivity contribution is -0.169. The Balaban J connectivity index is 1.94. The Kier molecular flexibility index (Phi) is 4.74. The highest BCUT2D eigenvalue weighted by Gasteiger charge is 2.49. The standard InChI is InChI=1S/C18H25NO6/c1-4-11-7-10(2)18(3,23)17(22)24-9-12-5-6-19-8-13(20)15(14(12)19)25-16(11)21/h4-5,10,13-15,20,23H,6-9H2,1-3H3/b11-4-/t10-,13-,14?,15?,18-/m1/s1. The number of nitrogens with zero attached hydrogens (tertiary/aromatic N) is 1. The van der Waals surface area contributed by atoms with Gasteiger partial charge >= 0.3 is 11.9 Å². The highest BCUT2D eigenvalue weighted by atomic mass is 16.6. The minimum Gasteiger partial charge on any atom is -0.459 e. The summed E-state index contributed by atoms with van der Waals surface area (Å²) in [5, 5.41) is 20.9. The molecule has 2 N–H and O–H groups in total. The lowest BCUT2D eigenvalue weighted by atomic mass is 9.85. The Morgan fingerprint density at radius 3 is 2.80 bits per heavy atom. The van der Waals surface area contributed by atoms with Crippen molar-refractivity contribution in [3.63, 3.8) is 0 Å². The fraction of sp³-hybridized carbons (Fsp3) is 0.667. The minimum atomic E-state index is -1.71. The number of cyclic esters (lactones) is 1. The molecule has 25 heavy (non-hydrogen) atoms. The van der Waals surface area contributed by atoms with Crippen molar-refractivity contribution in [3.05, 3.63) is 23.3 Å². The first kappa shape index (κ1) is 18.1. The molecule has 0 aromatic rings. The van der Waals surface area contributed by atoms with Gasteiger partial charge in [0.2, 0.25) is 0 Å².